The van der Waals surface area contributed by atoms with Crippen molar-refractivity contribution in [1.82, 2.24) is 4.90 Å². The van der Waals surface area contributed by atoms with E-state index < -0.39 is 0 Å². The van der Waals surface area contributed by atoms with Crippen molar-refractivity contribution < 1.29 is 4.79 Å². The van der Waals surface area contributed by atoms with E-state index in [9.17, 15) is 4.79 Å². The molecule has 3 rings (SSSR count). The fourth-order valence-corrected chi connectivity index (χ4v) is 2.70. The van der Waals surface area contributed by atoms with Crippen molar-refractivity contribution in [3.05, 3.63) is 48.0 Å². The molecule has 0 aromatic heterocycles. The highest BCUT2D eigenvalue weighted by atomic mass is 35.5. The Hall–Kier alpha value is -1.54. The number of nitrogens with zero attached hydrogens (tertiary/aromatic N) is 1. The standard InChI is InChI=1S/C16H16ClNO/c17-9-13-10-18(11-13)16(19)8-12-5-6-14-3-1-2-4-15(14)7-12/h1-7,13H,8-11H2. The molecule has 0 radical (unpaired) electrons. The highest BCUT2D eigenvalue weighted by Crippen LogP contribution is 2.20. The third kappa shape index (κ3) is 2.59. The minimum absolute atomic E-state index is 0.205. The number of likely N-dealkylation sites (tertiary alicyclic amines) is 1. The number of rotatable bonds is 3. The van der Waals surface area contributed by atoms with Gasteiger partial charge in [0.25, 0.3) is 0 Å². The molecule has 0 atom stereocenters. The summed E-state index contributed by atoms with van der Waals surface area (Å²) in [6, 6.07) is 14.4. The van der Waals surface area contributed by atoms with Crippen LogP contribution in [0.3, 0.4) is 0 Å². The Morgan fingerprint density at radius 1 is 1.16 bits per heavy atom. The van der Waals surface area contributed by atoms with Crippen LogP contribution in [0.5, 0.6) is 0 Å². The molecule has 0 aliphatic carbocycles. The number of alkyl halides is 1. The van der Waals surface area contributed by atoms with E-state index in [1.165, 1.54) is 10.8 Å². The summed E-state index contributed by atoms with van der Waals surface area (Å²) in [5.74, 6) is 1.35. The van der Waals surface area contributed by atoms with Gasteiger partial charge in [0.1, 0.15) is 0 Å². The average Bonchev–Trinajstić information content (AvgIpc) is 2.37. The van der Waals surface area contributed by atoms with E-state index in [4.69, 9.17) is 11.6 Å². The zero-order chi connectivity index (χ0) is 13.2. The monoisotopic (exact) mass is 273 g/mol. The van der Waals surface area contributed by atoms with E-state index in [1.54, 1.807) is 0 Å². The molecule has 0 N–H and O–H groups in total. The fourth-order valence-electron chi connectivity index (χ4n) is 2.51. The molecule has 1 saturated heterocycles. The molecule has 1 fully saturated rings. The van der Waals surface area contributed by atoms with Crippen molar-refractivity contribution in [3.63, 3.8) is 0 Å². The van der Waals surface area contributed by atoms with Gasteiger partial charge in [0.15, 0.2) is 0 Å². The molecule has 2 aromatic rings. The maximum atomic E-state index is 12.1. The van der Waals surface area contributed by atoms with Crippen molar-refractivity contribution in [3.8, 4) is 0 Å². The fraction of sp³-hybridized carbons (Fsp3) is 0.312. The first-order valence-electron chi connectivity index (χ1n) is 6.57. The van der Waals surface area contributed by atoms with Crippen LogP contribution in [-0.4, -0.2) is 29.8 Å². The third-order valence-corrected chi connectivity index (χ3v) is 4.13. The summed E-state index contributed by atoms with van der Waals surface area (Å²) in [6.45, 7) is 1.63. The summed E-state index contributed by atoms with van der Waals surface area (Å²) < 4.78 is 0. The smallest absolute Gasteiger partial charge is 0.227 e. The zero-order valence-corrected chi connectivity index (χ0v) is 11.4. The molecule has 0 bridgehead atoms. The summed E-state index contributed by atoms with van der Waals surface area (Å²) in [5.41, 5.74) is 1.08. The Morgan fingerprint density at radius 3 is 2.63 bits per heavy atom. The lowest BCUT2D eigenvalue weighted by molar-refractivity contribution is -0.136. The van der Waals surface area contributed by atoms with Gasteiger partial charge in [0, 0.05) is 24.9 Å². The Labute approximate surface area is 118 Å². The van der Waals surface area contributed by atoms with Crippen LogP contribution in [0.25, 0.3) is 10.8 Å². The van der Waals surface area contributed by atoms with Gasteiger partial charge in [-0.2, -0.15) is 0 Å². The van der Waals surface area contributed by atoms with E-state index >= 15 is 0 Å². The average molecular weight is 274 g/mol. The van der Waals surface area contributed by atoms with Crippen molar-refractivity contribution in [2.45, 2.75) is 6.42 Å². The Morgan fingerprint density at radius 2 is 1.89 bits per heavy atom. The second-order valence-electron chi connectivity index (χ2n) is 5.18. The highest BCUT2D eigenvalue weighted by molar-refractivity contribution is 6.18. The van der Waals surface area contributed by atoms with Crippen LogP contribution in [0.2, 0.25) is 0 Å². The molecule has 19 heavy (non-hydrogen) atoms. The molecule has 98 valence electrons. The second-order valence-corrected chi connectivity index (χ2v) is 5.49. The minimum atomic E-state index is 0.205. The predicted octanol–water partition coefficient (Wildman–Crippen LogP) is 3.08. The molecule has 3 heteroatoms. The number of amides is 1. The van der Waals surface area contributed by atoms with Gasteiger partial charge in [-0.25, -0.2) is 0 Å². The third-order valence-electron chi connectivity index (χ3n) is 3.70. The Bertz CT molecular complexity index is 604. The quantitative estimate of drug-likeness (QED) is 0.787. The number of halogens is 1. The molecule has 2 aromatic carbocycles. The van der Waals surface area contributed by atoms with Gasteiger partial charge >= 0.3 is 0 Å². The zero-order valence-electron chi connectivity index (χ0n) is 10.7. The lowest BCUT2D eigenvalue weighted by Crippen LogP contribution is -2.51. The maximum absolute atomic E-state index is 12.1. The molecule has 1 heterocycles. The van der Waals surface area contributed by atoms with Crippen LogP contribution >= 0.6 is 11.6 Å². The largest absolute Gasteiger partial charge is 0.342 e. The topological polar surface area (TPSA) is 20.3 Å². The Balaban J connectivity index is 1.70. The van der Waals surface area contributed by atoms with Gasteiger partial charge in [-0.3, -0.25) is 4.79 Å². The van der Waals surface area contributed by atoms with Gasteiger partial charge in [-0.15, -0.1) is 11.6 Å². The van der Waals surface area contributed by atoms with Gasteiger partial charge in [-0.05, 0) is 16.3 Å². The molecule has 1 aliphatic heterocycles. The first-order chi connectivity index (χ1) is 9.26. The maximum Gasteiger partial charge on any atom is 0.227 e. The number of fused-ring (bicyclic) bond motifs is 1. The molecular weight excluding hydrogens is 258 g/mol. The van der Waals surface area contributed by atoms with Crippen molar-refractivity contribution in [2.24, 2.45) is 5.92 Å². The van der Waals surface area contributed by atoms with Crippen molar-refractivity contribution >= 4 is 28.3 Å². The molecular formula is C16H16ClNO. The van der Waals surface area contributed by atoms with Crippen LogP contribution < -0.4 is 0 Å². The van der Waals surface area contributed by atoms with E-state index in [2.05, 4.69) is 24.3 Å². The lowest BCUT2D eigenvalue weighted by Gasteiger charge is -2.38. The van der Waals surface area contributed by atoms with Crippen LogP contribution in [0, 0.1) is 5.92 Å². The number of carbonyl (C=O) groups is 1. The van der Waals surface area contributed by atoms with Gasteiger partial charge in [0.05, 0.1) is 6.42 Å². The van der Waals surface area contributed by atoms with E-state index in [-0.39, 0.29) is 5.91 Å². The molecule has 0 unspecified atom stereocenters. The van der Waals surface area contributed by atoms with Gasteiger partial charge in [0.2, 0.25) is 5.91 Å². The first kappa shape index (κ1) is 12.5. The summed E-state index contributed by atoms with van der Waals surface area (Å²) in [7, 11) is 0. The highest BCUT2D eigenvalue weighted by Gasteiger charge is 2.29. The predicted molar refractivity (Wildman–Crippen MR) is 78.4 cm³/mol. The first-order valence-corrected chi connectivity index (χ1v) is 7.11. The summed E-state index contributed by atoms with van der Waals surface area (Å²) in [6.07, 6.45) is 0.486. The van der Waals surface area contributed by atoms with Crippen molar-refractivity contribution in [2.75, 3.05) is 19.0 Å². The van der Waals surface area contributed by atoms with Crippen LogP contribution in [-0.2, 0) is 11.2 Å². The lowest BCUT2D eigenvalue weighted by atomic mass is 10.00. The summed E-state index contributed by atoms with van der Waals surface area (Å²) in [5, 5.41) is 2.40. The number of carbonyl (C=O) groups excluding carboxylic acids is 1. The van der Waals surface area contributed by atoms with E-state index in [0.717, 1.165) is 18.7 Å². The summed E-state index contributed by atoms with van der Waals surface area (Å²) in [4.78, 5) is 14.0. The molecule has 2 nitrogen and oxygen atoms in total. The normalized spacial score (nSPS) is 15.5. The minimum Gasteiger partial charge on any atom is -0.342 e. The molecule has 1 aliphatic rings. The van der Waals surface area contributed by atoms with Crippen LogP contribution in [0.4, 0.5) is 0 Å². The Kier molecular flexibility index (Phi) is 3.43. The van der Waals surface area contributed by atoms with Gasteiger partial charge < -0.3 is 4.90 Å². The van der Waals surface area contributed by atoms with Gasteiger partial charge in [-0.1, -0.05) is 42.5 Å². The van der Waals surface area contributed by atoms with Crippen molar-refractivity contribution in [1.29, 1.82) is 0 Å². The number of benzene rings is 2. The molecule has 0 saturated carbocycles. The van der Waals surface area contributed by atoms with E-state index in [1.807, 2.05) is 23.1 Å². The molecule has 0 spiro atoms. The number of hydrogen-bond donors (Lipinski definition) is 0. The van der Waals surface area contributed by atoms with Crippen LogP contribution in [0.1, 0.15) is 5.56 Å². The number of hydrogen-bond acceptors (Lipinski definition) is 1. The SMILES string of the molecule is O=C(Cc1ccc2ccccc2c1)N1CC(CCl)C1. The van der Waals surface area contributed by atoms with Crippen LogP contribution in [0.15, 0.2) is 42.5 Å². The summed E-state index contributed by atoms with van der Waals surface area (Å²) >= 11 is 5.76. The second kappa shape index (κ2) is 5.22. The molecule has 1 amide bonds. The van der Waals surface area contributed by atoms with E-state index in [0.29, 0.717) is 18.2 Å².